The van der Waals surface area contributed by atoms with E-state index in [4.69, 9.17) is 9.47 Å². The number of hydrogen-bond acceptors (Lipinski definition) is 7. The number of methoxy groups -OCH3 is 2. The van der Waals surface area contributed by atoms with Gasteiger partial charge in [0.05, 0.1) is 31.2 Å². The highest BCUT2D eigenvalue weighted by molar-refractivity contribution is 8.25. The minimum atomic E-state index is -2.88. The van der Waals surface area contributed by atoms with Crippen LogP contribution in [-0.4, -0.2) is 48.1 Å². The molecule has 0 aromatic heterocycles. The molecule has 1 fully saturated rings. The van der Waals surface area contributed by atoms with Crippen LogP contribution in [0.25, 0.3) is 0 Å². The Bertz CT molecular complexity index is 564. The second kappa shape index (κ2) is 6.64. The molecular weight excluding hydrogens is 308 g/mol. The van der Waals surface area contributed by atoms with Crippen molar-refractivity contribution in [2.75, 3.05) is 42.7 Å². The third-order valence-electron chi connectivity index (χ3n) is 3.46. The van der Waals surface area contributed by atoms with Crippen LogP contribution in [0.4, 0.5) is 11.4 Å². The van der Waals surface area contributed by atoms with Crippen molar-refractivity contribution in [3.63, 3.8) is 0 Å². The summed E-state index contributed by atoms with van der Waals surface area (Å²) in [7, 11) is -0.0588. The Morgan fingerprint density at radius 3 is 2.64 bits per heavy atom. The highest BCUT2D eigenvalue weighted by Crippen LogP contribution is 2.54. The molecule has 1 aliphatic heterocycles. The number of carbonyl (C=O) groups excluding carboxylic acids is 1. The number of carbonyl (C=O) groups is 1. The topological polar surface area (TPSA) is 91.3 Å². The van der Waals surface area contributed by atoms with Crippen molar-refractivity contribution in [2.45, 2.75) is 13.3 Å². The van der Waals surface area contributed by atoms with Crippen LogP contribution < -0.4 is 14.4 Å². The van der Waals surface area contributed by atoms with E-state index in [2.05, 4.69) is 5.32 Å². The van der Waals surface area contributed by atoms with Gasteiger partial charge in [-0.3, -0.25) is 13.4 Å². The molecule has 3 N–H and O–H groups in total. The summed E-state index contributed by atoms with van der Waals surface area (Å²) < 4.78 is 32.1. The second-order valence-electron chi connectivity index (χ2n) is 4.89. The van der Waals surface area contributed by atoms with Gasteiger partial charge in [-0.05, 0) is 25.5 Å². The Labute approximate surface area is 131 Å². The van der Waals surface area contributed by atoms with Gasteiger partial charge in [-0.15, -0.1) is 10.8 Å². The number of nitrogens with one attached hydrogen (secondary N) is 1. The van der Waals surface area contributed by atoms with Gasteiger partial charge in [-0.2, -0.15) is 0 Å². The fraction of sp³-hybridized carbons (Fsp3) is 0.500. The minimum Gasteiger partial charge on any atom is -0.492 e. The van der Waals surface area contributed by atoms with Gasteiger partial charge in [0.25, 0.3) is 0 Å². The summed E-state index contributed by atoms with van der Waals surface area (Å²) in [5.74, 6) is 0.310. The molecule has 7 nitrogen and oxygen atoms in total. The lowest BCUT2D eigenvalue weighted by molar-refractivity contribution is 0.0600. The lowest BCUT2D eigenvalue weighted by Crippen LogP contribution is -2.23. The molecule has 1 aromatic carbocycles. The van der Waals surface area contributed by atoms with Gasteiger partial charge in [-0.25, -0.2) is 4.79 Å². The van der Waals surface area contributed by atoms with Gasteiger partial charge in [0.2, 0.25) is 0 Å². The van der Waals surface area contributed by atoms with Crippen molar-refractivity contribution < 1.29 is 23.4 Å². The summed E-state index contributed by atoms with van der Waals surface area (Å²) in [4.78, 5) is 11.9. The van der Waals surface area contributed by atoms with E-state index in [1.807, 2.05) is 6.92 Å². The lowest BCUT2D eigenvalue weighted by atomic mass is 10.1. The van der Waals surface area contributed by atoms with Crippen LogP contribution in [0.3, 0.4) is 0 Å². The predicted octanol–water partition coefficient (Wildman–Crippen LogP) is 2.79. The third-order valence-corrected chi connectivity index (χ3v) is 5.38. The van der Waals surface area contributed by atoms with Crippen LogP contribution in [0.5, 0.6) is 5.75 Å². The zero-order chi connectivity index (χ0) is 16.3. The van der Waals surface area contributed by atoms with E-state index >= 15 is 0 Å². The first-order chi connectivity index (χ1) is 10.4. The fourth-order valence-corrected chi connectivity index (χ4v) is 4.12. The van der Waals surface area contributed by atoms with E-state index in [-0.39, 0.29) is 0 Å². The maximum atomic E-state index is 11.9. The maximum Gasteiger partial charge on any atom is 0.338 e. The molecule has 1 aromatic rings. The highest BCUT2D eigenvalue weighted by Gasteiger charge is 2.32. The molecular formula is C14H22N2O5S. The predicted molar refractivity (Wildman–Crippen MR) is 88.2 cm³/mol. The van der Waals surface area contributed by atoms with E-state index < -0.39 is 16.7 Å². The van der Waals surface area contributed by atoms with Gasteiger partial charge >= 0.3 is 5.97 Å². The number of ether oxygens (including phenoxy) is 2. The fourth-order valence-electron chi connectivity index (χ4n) is 2.51. The molecule has 0 amide bonds. The molecule has 0 bridgehead atoms. The smallest absolute Gasteiger partial charge is 0.338 e. The lowest BCUT2D eigenvalue weighted by Gasteiger charge is -2.39. The Hall–Kier alpha value is -1.64. The van der Waals surface area contributed by atoms with Gasteiger partial charge < -0.3 is 14.8 Å². The van der Waals surface area contributed by atoms with Crippen LogP contribution in [-0.2, 0) is 4.74 Å². The van der Waals surface area contributed by atoms with E-state index in [9.17, 15) is 13.9 Å². The van der Waals surface area contributed by atoms with Crippen LogP contribution in [0.15, 0.2) is 12.1 Å². The van der Waals surface area contributed by atoms with Gasteiger partial charge in [0, 0.05) is 13.1 Å². The zero-order valence-corrected chi connectivity index (χ0v) is 13.8. The van der Waals surface area contributed by atoms with Crippen molar-refractivity contribution in [2.24, 2.45) is 0 Å². The van der Waals surface area contributed by atoms with Crippen LogP contribution in [0.1, 0.15) is 23.7 Å². The Balaban J connectivity index is 2.58. The number of benzene rings is 1. The molecule has 0 radical (unpaired) electrons. The van der Waals surface area contributed by atoms with Crippen molar-refractivity contribution in [3.05, 3.63) is 17.7 Å². The number of esters is 1. The van der Waals surface area contributed by atoms with E-state index in [0.29, 0.717) is 48.0 Å². The first kappa shape index (κ1) is 16.7. The maximum absolute atomic E-state index is 11.9. The minimum absolute atomic E-state index is 0.315. The van der Waals surface area contributed by atoms with Crippen molar-refractivity contribution >= 4 is 28.1 Å². The summed E-state index contributed by atoms with van der Waals surface area (Å²) in [6.07, 6.45) is 0.671. The Morgan fingerprint density at radius 1 is 1.41 bits per heavy atom. The molecule has 1 aliphatic rings. The zero-order valence-electron chi connectivity index (χ0n) is 13.0. The monoisotopic (exact) mass is 330 g/mol. The molecule has 0 atom stereocenters. The molecule has 22 heavy (non-hydrogen) atoms. The Morgan fingerprint density at radius 2 is 2.14 bits per heavy atom. The molecule has 2 rings (SSSR count). The molecule has 1 saturated heterocycles. The van der Waals surface area contributed by atoms with E-state index in [1.165, 1.54) is 18.5 Å². The van der Waals surface area contributed by atoms with Gasteiger partial charge in [0.15, 0.2) is 5.75 Å². The third kappa shape index (κ3) is 3.08. The number of hydrogen-bond donors (Lipinski definition) is 3. The van der Waals surface area contributed by atoms with Crippen LogP contribution in [0, 0.1) is 0 Å². The SMILES string of the molecule is CCNc1cc(C(=O)OC)cc(N2CCCS2(O)O)c1OC. The normalized spacial score (nSPS) is 18.0. The number of anilines is 2. The van der Waals surface area contributed by atoms with E-state index in [1.54, 1.807) is 12.1 Å². The highest BCUT2D eigenvalue weighted by atomic mass is 32.3. The number of rotatable bonds is 5. The van der Waals surface area contributed by atoms with Crippen LogP contribution in [0.2, 0.25) is 0 Å². The molecule has 0 saturated carbocycles. The molecule has 0 spiro atoms. The number of nitrogens with zero attached hydrogens (tertiary/aromatic N) is 1. The summed E-state index contributed by atoms with van der Waals surface area (Å²) >= 11 is 0. The Kier molecular flexibility index (Phi) is 5.05. The molecule has 1 heterocycles. The molecule has 124 valence electrons. The standard InChI is InChI=1S/C14H22N2O5S/c1-4-15-11-8-10(14(17)21-3)9-12(13(11)20-2)16-6-5-7-22(16,18)19/h8-9,15,18-19H,4-7H2,1-3H3. The summed E-state index contributed by atoms with van der Waals surface area (Å²) in [5.41, 5.74) is 1.43. The molecule has 8 heteroatoms. The molecule has 0 unspecified atom stereocenters. The largest absolute Gasteiger partial charge is 0.492 e. The summed E-state index contributed by atoms with van der Waals surface area (Å²) in [6, 6.07) is 3.21. The van der Waals surface area contributed by atoms with Crippen LogP contribution >= 0.6 is 10.8 Å². The van der Waals surface area contributed by atoms with Gasteiger partial charge in [-0.1, -0.05) is 0 Å². The van der Waals surface area contributed by atoms with Crippen molar-refractivity contribution in [3.8, 4) is 5.75 Å². The second-order valence-corrected chi connectivity index (χ2v) is 7.00. The first-order valence-corrected chi connectivity index (χ1v) is 8.69. The summed E-state index contributed by atoms with van der Waals surface area (Å²) in [5, 5.41) is 3.12. The average Bonchev–Trinajstić information content (AvgIpc) is 2.85. The van der Waals surface area contributed by atoms with Crippen molar-refractivity contribution in [1.29, 1.82) is 0 Å². The first-order valence-electron chi connectivity index (χ1n) is 7.02. The van der Waals surface area contributed by atoms with E-state index in [0.717, 1.165) is 0 Å². The quantitative estimate of drug-likeness (QED) is 0.715. The van der Waals surface area contributed by atoms with Crippen molar-refractivity contribution in [1.82, 2.24) is 0 Å². The van der Waals surface area contributed by atoms with Gasteiger partial charge in [0.1, 0.15) is 5.69 Å². The summed E-state index contributed by atoms with van der Waals surface area (Å²) in [6.45, 7) is 3.05. The molecule has 0 aliphatic carbocycles. The average molecular weight is 330 g/mol.